The molecule has 0 saturated carbocycles. The van der Waals surface area contributed by atoms with E-state index in [1.807, 2.05) is 6.07 Å². The molecule has 2 aromatic carbocycles. The Morgan fingerprint density at radius 3 is 2.55 bits per heavy atom. The van der Waals surface area contributed by atoms with Crippen LogP contribution in [0.5, 0.6) is 0 Å². The average Bonchev–Trinajstić information content (AvgIpc) is 2.75. The van der Waals surface area contributed by atoms with Crippen molar-refractivity contribution in [3.8, 4) is 0 Å². The van der Waals surface area contributed by atoms with Gasteiger partial charge in [-0.05, 0) is 29.8 Å². The Hall–Kier alpha value is -3.32. The standard InChI is InChI=1S/C22H22FN5O/c23-18-7-4-8-19(15-18)25-21(29)20-9-10-24-22(26-20)28-13-11-27(12-14-28)16-17-5-2-1-3-6-17/h1-10,15H,11-14,16H2,(H,25,29). The predicted octanol–water partition coefficient (Wildman–Crippen LogP) is 3.19. The first kappa shape index (κ1) is 19.0. The van der Waals surface area contributed by atoms with Crippen molar-refractivity contribution in [1.82, 2.24) is 14.9 Å². The van der Waals surface area contributed by atoms with Crippen LogP contribution < -0.4 is 10.2 Å². The van der Waals surface area contributed by atoms with E-state index in [2.05, 4.69) is 49.4 Å². The second kappa shape index (κ2) is 8.79. The van der Waals surface area contributed by atoms with Crippen molar-refractivity contribution in [3.05, 3.63) is 83.9 Å². The highest BCUT2D eigenvalue weighted by atomic mass is 19.1. The number of nitrogens with zero attached hydrogens (tertiary/aromatic N) is 4. The number of rotatable bonds is 5. The monoisotopic (exact) mass is 391 g/mol. The summed E-state index contributed by atoms with van der Waals surface area (Å²) in [6.07, 6.45) is 1.58. The summed E-state index contributed by atoms with van der Waals surface area (Å²) in [7, 11) is 0. The summed E-state index contributed by atoms with van der Waals surface area (Å²) >= 11 is 0. The van der Waals surface area contributed by atoms with Crippen LogP contribution in [0.2, 0.25) is 0 Å². The molecule has 0 unspecified atom stereocenters. The second-order valence-electron chi connectivity index (χ2n) is 6.96. The molecule has 0 radical (unpaired) electrons. The van der Waals surface area contributed by atoms with E-state index in [-0.39, 0.29) is 11.6 Å². The molecule has 1 amide bonds. The van der Waals surface area contributed by atoms with E-state index in [1.54, 1.807) is 24.4 Å². The lowest BCUT2D eigenvalue weighted by atomic mass is 10.2. The lowest BCUT2D eigenvalue weighted by molar-refractivity contribution is 0.102. The lowest BCUT2D eigenvalue weighted by Crippen LogP contribution is -2.46. The van der Waals surface area contributed by atoms with E-state index in [0.29, 0.717) is 11.6 Å². The Bertz CT molecular complexity index is 974. The molecule has 7 heteroatoms. The molecule has 1 N–H and O–H groups in total. The summed E-state index contributed by atoms with van der Waals surface area (Å²) in [6, 6.07) is 17.7. The number of carbonyl (C=O) groups is 1. The molecule has 1 saturated heterocycles. The second-order valence-corrected chi connectivity index (χ2v) is 6.96. The van der Waals surface area contributed by atoms with E-state index in [9.17, 15) is 9.18 Å². The van der Waals surface area contributed by atoms with Crippen LogP contribution in [-0.2, 0) is 6.54 Å². The SMILES string of the molecule is O=C(Nc1cccc(F)c1)c1ccnc(N2CCN(Cc3ccccc3)CC2)n1. The van der Waals surface area contributed by atoms with Gasteiger partial charge < -0.3 is 10.2 Å². The fourth-order valence-electron chi connectivity index (χ4n) is 3.34. The van der Waals surface area contributed by atoms with Crippen molar-refractivity contribution in [3.63, 3.8) is 0 Å². The number of amides is 1. The molecule has 4 rings (SSSR count). The van der Waals surface area contributed by atoms with Gasteiger partial charge in [-0.15, -0.1) is 0 Å². The molecule has 148 valence electrons. The molecular weight excluding hydrogens is 369 g/mol. The van der Waals surface area contributed by atoms with Crippen LogP contribution in [0.25, 0.3) is 0 Å². The number of hydrogen-bond acceptors (Lipinski definition) is 5. The Morgan fingerprint density at radius 2 is 1.79 bits per heavy atom. The summed E-state index contributed by atoms with van der Waals surface area (Å²) in [5.74, 6) is -0.252. The van der Waals surface area contributed by atoms with Crippen molar-refractivity contribution in [2.75, 3.05) is 36.4 Å². The number of carbonyl (C=O) groups excluding carboxylic acids is 1. The zero-order chi connectivity index (χ0) is 20.1. The van der Waals surface area contributed by atoms with Gasteiger partial charge in [0.15, 0.2) is 0 Å². The predicted molar refractivity (Wildman–Crippen MR) is 110 cm³/mol. The van der Waals surface area contributed by atoms with Gasteiger partial charge >= 0.3 is 0 Å². The maximum Gasteiger partial charge on any atom is 0.274 e. The molecule has 29 heavy (non-hydrogen) atoms. The Kier molecular flexibility index (Phi) is 5.76. The Balaban J connectivity index is 1.37. The van der Waals surface area contributed by atoms with Crippen LogP contribution in [0, 0.1) is 5.82 Å². The molecule has 1 aliphatic heterocycles. The van der Waals surface area contributed by atoms with Gasteiger partial charge in [-0.1, -0.05) is 36.4 Å². The van der Waals surface area contributed by atoms with Gasteiger partial charge in [0, 0.05) is 44.6 Å². The topological polar surface area (TPSA) is 61.4 Å². The zero-order valence-electron chi connectivity index (χ0n) is 16.0. The van der Waals surface area contributed by atoms with Gasteiger partial charge in [0.2, 0.25) is 5.95 Å². The van der Waals surface area contributed by atoms with Crippen LogP contribution in [0.3, 0.4) is 0 Å². The van der Waals surface area contributed by atoms with Crippen molar-refractivity contribution >= 4 is 17.5 Å². The van der Waals surface area contributed by atoms with Crippen LogP contribution in [-0.4, -0.2) is 47.0 Å². The first-order valence-corrected chi connectivity index (χ1v) is 9.58. The van der Waals surface area contributed by atoms with E-state index in [0.717, 1.165) is 32.7 Å². The highest BCUT2D eigenvalue weighted by Gasteiger charge is 2.20. The van der Waals surface area contributed by atoms with Gasteiger partial charge in [0.05, 0.1) is 0 Å². The van der Waals surface area contributed by atoms with Gasteiger partial charge in [0.1, 0.15) is 11.5 Å². The van der Waals surface area contributed by atoms with Gasteiger partial charge in [0.25, 0.3) is 5.91 Å². The molecule has 0 spiro atoms. The first-order chi connectivity index (χ1) is 14.2. The van der Waals surface area contributed by atoms with Gasteiger partial charge in [-0.2, -0.15) is 0 Å². The molecule has 0 aliphatic carbocycles. The smallest absolute Gasteiger partial charge is 0.274 e. The summed E-state index contributed by atoms with van der Waals surface area (Å²) in [4.78, 5) is 25.7. The zero-order valence-corrected chi connectivity index (χ0v) is 16.0. The molecule has 1 aromatic heterocycles. The van der Waals surface area contributed by atoms with E-state index in [1.165, 1.54) is 17.7 Å². The molecule has 2 heterocycles. The number of nitrogens with one attached hydrogen (secondary N) is 1. The number of piperazine rings is 1. The third-order valence-corrected chi connectivity index (χ3v) is 4.86. The van der Waals surface area contributed by atoms with E-state index >= 15 is 0 Å². The van der Waals surface area contributed by atoms with E-state index < -0.39 is 5.82 Å². The summed E-state index contributed by atoms with van der Waals surface area (Å²) in [5, 5.41) is 2.67. The largest absolute Gasteiger partial charge is 0.338 e. The normalized spacial score (nSPS) is 14.6. The number of anilines is 2. The molecule has 1 aliphatic rings. The fraction of sp³-hybridized carbons (Fsp3) is 0.227. The Morgan fingerprint density at radius 1 is 1.00 bits per heavy atom. The number of benzene rings is 2. The summed E-state index contributed by atoms with van der Waals surface area (Å²) < 4.78 is 13.3. The van der Waals surface area contributed by atoms with Crippen molar-refractivity contribution < 1.29 is 9.18 Å². The molecule has 3 aromatic rings. The van der Waals surface area contributed by atoms with Crippen molar-refractivity contribution in [2.24, 2.45) is 0 Å². The highest BCUT2D eigenvalue weighted by molar-refractivity contribution is 6.02. The molecule has 6 nitrogen and oxygen atoms in total. The minimum absolute atomic E-state index is 0.256. The first-order valence-electron chi connectivity index (χ1n) is 9.58. The van der Waals surface area contributed by atoms with Crippen LogP contribution in [0.1, 0.15) is 16.1 Å². The lowest BCUT2D eigenvalue weighted by Gasteiger charge is -2.34. The quantitative estimate of drug-likeness (QED) is 0.724. The van der Waals surface area contributed by atoms with Crippen LogP contribution >= 0.6 is 0 Å². The maximum atomic E-state index is 13.3. The summed E-state index contributed by atoms with van der Waals surface area (Å²) in [5.41, 5.74) is 1.95. The molecule has 1 fully saturated rings. The molecule has 0 atom stereocenters. The average molecular weight is 391 g/mol. The highest BCUT2D eigenvalue weighted by Crippen LogP contribution is 2.15. The third-order valence-electron chi connectivity index (χ3n) is 4.86. The number of aromatic nitrogens is 2. The fourth-order valence-corrected chi connectivity index (χ4v) is 3.34. The molecule has 0 bridgehead atoms. The Labute approximate surface area is 169 Å². The summed E-state index contributed by atoms with van der Waals surface area (Å²) in [6.45, 7) is 4.31. The number of halogens is 1. The van der Waals surface area contributed by atoms with Gasteiger partial charge in [-0.3, -0.25) is 9.69 Å². The minimum Gasteiger partial charge on any atom is -0.338 e. The van der Waals surface area contributed by atoms with Crippen LogP contribution in [0.15, 0.2) is 66.9 Å². The van der Waals surface area contributed by atoms with E-state index in [4.69, 9.17) is 0 Å². The third kappa shape index (κ3) is 4.94. The van der Waals surface area contributed by atoms with Crippen molar-refractivity contribution in [1.29, 1.82) is 0 Å². The molecular formula is C22H22FN5O. The van der Waals surface area contributed by atoms with Gasteiger partial charge in [-0.25, -0.2) is 14.4 Å². The maximum absolute atomic E-state index is 13.3. The minimum atomic E-state index is -0.403. The number of hydrogen-bond donors (Lipinski definition) is 1. The van der Waals surface area contributed by atoms with Crippen LogP contribution in [0.4, 0.5) is 16.0 Å². The van der Waals surface area contributed by atoms with Crippen molar-refractivity contribution in [2.45, 2.75) is 6.54 Å².